The number of unbranched alkanes of at least 4 members (excludes halogenated alkanes) is 13. The topological polar surface area (TPSA) is 52.6 Å². The lowest BCUT2D eigenvalue weighted by molar-refractivity contribution is -0.150. The second kappa shape index (κ2) is 24.6. The van der Waals surface area contributed by atoms with Gasteiger partial charge in [-0.3, -0.25) is 9.59 Å². The number of hydrogen-bond acceptors (Lipinski definition) is 4. The molecule has 0 aromatic heterocycles. The molecule has 0 saturated carbocycles. The molecular formula is C28H54O4. The van der Waals surface area contributed by atoms with Crippen molar-refractivity contribution < 1.29 is 19.1 Å². The fourth-order valence-electron chi connectivity index (χ4n) is 4.07. The van der Waals surface area contributed by atoms with Crippen LogP contribution in [0.4, 0.5) is 0 Å². The molecule has 32 heavy (non-hydrogen) atoms. The third-order valence-corrected chi connectivity index (χ3v) is 6.04. The van der Waals surface area contributed by atoms with Crippen LogP contribution in [0.25, 0.3) is 0 Å². The predicted molar refractivity (Wildman–Crippen MR) is 135 cm³/mol. The van der Waals surface area contributed by atoms with Crippen LogP contribution in [0.5, 0.6) is 0 Å². The van der Waals surface area contributed by atoms with Crippen molar-refractivity contribution in [2.45, 2.75) is 162 Å². The first-order chi connectivity index (χ1) is 15.6. The molecule has 0 aliphatic heterocycles. The number of hydrogen-bond donors (Lipinski definition) is 0. The van der Waals surface area contributed by atoms with E-state index in [0.717, 1.165) is 38.5 Å². The van der Waals surface area contributed by atoms with Gasteiger partial charge in [0.2, 0.25) is 0 Å². The van der Waals surface area contributed by atoms with E-state index in [2.05, 4.69) is 20.8 Å². The van der Waals surface area contributed by atoms with Gasteiger partial charge in [0.25, 0.3) is 0 Å². The van der Waals surface area contributed by atoms with E-state index in [-0.39, 0.29) is 18.0 Å². The summed E-state index contributed by atoms with van der Waals surface area (Å²) in [6.07, 6.45) is 23.3. The molecule has 0 rings (SSSR count). The van der Waals surface area contributed by atoms with Crippen molar-refractivity contribution in [1.82, 2.24) is 0 Å². The molecule has 0 atom stereocenters. The van der Waals surface area contributed by atoms with E-state index in [9.17, 15) is 9.59 Å². The van der Waals surface area contributed by atoms with Crippen LogP contribution in [-0.2, 0) is 19.1 Å². The van der Waals surface area contributed by atoms with Crippen molar-refractivity contribution in [2.24, 2.45) is 0 Å². The first kappa shape index (κ1) is 30.9. The molecule has 0 radical (unpaired) electrons. The number of esters is 2. The van der Waals surface area contributed by atoms with Gasteiger partial charge in [0.1, 0.15) is 6.10 Å². The highest BCUT2D eigenvalue weighted by Gasteiger charge is 2.13. The highest BCUT2D eigenvalue weighted by molar-refractivity contribution is 5.70. The lowest BCUT2D eigenvalue weighted by Crippen LogP contribution is -2.17. The summed E-state index contributed by atoms with van der Waals surface area (Å²) in [5.41, 5.74) is 0. The summed E-state index contributed by atoms with van der Waals surface area (Å²) >= 11 is 0. The van der Waals surface area contributed by atoms with Gasteiger partial charge < -0.3 is 9.47 Å². The Morgan fingerprint density at radius 2 is 0.969 bits per heavy atom. The van der Waals surface area contributed by atoms with Crippen molar-refractivity contribution in [2.75, 3.05) is 6.61 Å². The minimum atomic E-state index is -0.132. The molecule has 0 aliphatic rings. The van der Waals surface area contributed by atoms with Crippen molar-refractivity contribution >= 4 is 11.9 Å². The number of ether oxygens (including phenoxy) is 2. The molecule has 0 fully saturated rings. The highest BCUT2D eigenvalue weighted by atomic mass is 16.5. The van der Waals surface area contributed by atoms with Gasteiger partial charge in [0, 0.05) is 12.8 Å². The maximum absolute atomic E-state index is 11.9. The summed E-state index contributed by atoms with van der Waals surface area (Å²) in [7, 11) is 0. The molecule has 0 aromatic rings. The Bertz CT molecular complexity index is 416. The summed E-state index contributed by atoms with van der Waals surface area (Å²) < 4.78 is 10.9. The van der Waals surface area contributed by atoms with Crippen LogP contribution in [0, 0.1) is 0 Å². The Morgan fingerprint density at radius 3 is 1.44 bits per heavy atom. The zero-order valence-corrected chi connectivity index (χ0v) is 21.8. The Kier molecular flexibility index (Phi) is 23.8. The van der Waals surface area contributed by atoms with Gasteiger partial charge in [0.15, 0.2) is 0 Å². The Labute approximate surface area is 199 Å². The molecule has 0 unspecified atom stereocenters. The van der Waals surface area contributed by atoms with Gasteiger partial charge in [-0.25, -0.2) is 0 Å². The first-order valence-corrected chi connectivity index (χ1v) is 14.0. The molecule has 0 amide bonds. The van der Waals surface area contributed by atoms with Crippen molar-refractivity contribution in [1.29, 1.82) is 0 Å². The largest absolute Gasteiger partial charge is 0.466 e. The SMILES string of the molecule is CCCCCCCCCCCCCCCOC(=O)CCCCC(=O)OC(CCC)CCC. The minimum Gasteiger partial charge on any atom is -0.466 e. The first-order valence-electron chi connectivity index (χ1n) is 14.0. The van der Waals surface area contributed by atoms with E-state index in [1.54, 1.807) is 0 Å². The van der Waals surface area contributed by atoms with E-state index in [0.29, 0.717) is 32.3 Å². The van der Waals surface area contributed by atoms with Gasteiger partial charge in [0.05, 0.1) is 6.61 Å². The second-order valence-electron chi connectivity index (χ2n) is 9.36. The Morgan fingerprint density at radius 1 is 0.531 bits per heavy atom. The van der Waals surface area contributed by atoms with E-state index in [1.165, 1.54) is 70.6 Å². The fraction of sp³-hybridized carbons (Fsp3) is 0.929. The van der Waals surface area contributed by atoms with Gasteiger partial charge in [-0.1, -0.05) is 111 Å². The van der Waals surface area contributed by atoms with Crippen LogP contribution in [0.3, 0.4) is 0 Å². The normalized spacial score (nSPS) is 11.1. The van der Waals surface area contributed by atoms with Crippen LogP contribution in [-0.4, -0.2) is 24.6 Å². The fourth-order valence-corrected chi connectivity index (χ4v) is 4.07. The standard InChI is InChI=1S/C28H54O4/c1-4-7-8-9-10-11-12-13-14-15-16-17-20-25-31-27(29)23-18-19-24-28(30)32-26(21-5-2)22-6-3/h26H,4-25H2,1-3H3. The molecule has 0 aromatic carbocycles. The molecule has 4 nitrogen and oxygen atoms in total. The molecule has 0 bridgehead atoms. The zero-order chi connectivity index (χ0) is 23.7. The maximum Gasteiger partial charge on any atom is 0.306 e. The summed E-state index contributed by atoms with van der Waals surface area (Å²) in [5.74, 6) is -0.260. The molecule has 0 spiro atoms. The van der Waals surface area contributed by atoms with E-state index >= 15 is 0 Å². The van der Waals surface area contributed by atoms with Gasteiger partial charge in [-0.2, -0.15) is 0 Å². The Hall–Kier alpha value is -1.06. The van der Waals surface area contributed by atoms with Crippen molar-refractivity contribution in [3.8, 4) is 0 Å². The summed E-state index contributed by atoms with van der Waals surface area (Å²) in [5, 5.41) is 0. The third kappa shape index (κ3) is 22.1. The summed E-state index contributed by atoms with van der Waals surface area (Å²) in [6.45, 7) is 7.03. The van der Waals surface area contributed by atoms with Crippen LogP contribution in [0.1, 0.15) is 156 Å². The monoisotopic (exact) mass is 454 g/mol. The smallest absolute Gasteiger partial charge is 0.306 e. The maximum atomic E-state index is 11.9. The van der Waals surface area contributed by atoms with Crippen LogP contribution < -0.4 is 0 Å². The van der Waals surface area contributed by atoms with Crippen molar-refractivity contribution in [3.05, 3.63) is 0 Å². The third-order valence-electron chi connectivity index (χ3n) is 6.04. The molecule has 190 valence electrons. The lowest BCUT2D eigenvalue weighted by Gasteiger charge is -2.16. The van der Waals surface area contributed by atoms with Gasteiger partial charge in [-0.15, -0.1) is 0 Å². The van der Waals surface area contributed by atoms with E-state index in [4.69, 9.17) is 9.47 Å². The summed E-state index contributed by atoms with van der Waals surface area (Å²) in [4.78, 5) is 23.7. The van der Waals surface area contributed by atoms with E-state index in [1.807, 2.05) is 0 Å². The molecule has 0 aliphatic carbocycles. The minimum absolute atomic E-state index is 0.0581. The average Bonchev–Trinajstić information content (AvgIpc) is 2.77. The average molecular weight is 455 g/mol. The Balaban J connectivity index is 3.40. The zero-order valence-electron chi connectivity index (χ0n) is 21.8. The molecule has 0 heterocycles. The molecule has 0 saturated heterocycles. The van der Waals surface area contributed by atoms with Crippen LogP contribution >= 0.6 is 0 Å². The van der Waals surface area contributed by atoms with E-state index < -0.39 is 0 Å². The number of carbonyl (C=O) groups is 2. The summed E-state index contributed by atoms with van der Waals surface area (Å²) in [6, 6.07) is 0. The highest BCUT2D eigenvalue weighted by Crippen LogP contribution is 2.13. The predicted octanol–water partition coefficient (Wildman–Crippen LogP) is 8.69. The molecule has 4 heteroatoms. The van der Waals surface area contributed by atoms with Gasteiger partial charge in [-0.05, 0) is 32.1 Å². The lowest BCUT2D eigenvalue weighted by atomic mass is 10.0. The number of rotatable bonds is 24. The van der Waals surface area contributed by atoms with Crippen LogP contribution in [0.15, 0.2) is 0 Å². The molecule has 0 N–H and O–H groups in total. The van der Waals surface area contributed by atoms with Gasteiger partial charge >= 0.3 is 11.9 Å². The molecular weight excluding hydrogens is 400 g/mol. The van der Waals surface area contributed by atoms with Crippen LogP contribution in [0.2, 0.25) is 0 Å². The number of carbonyl (C=O) groups excluding carboxylic acids is 2. The quantitative estimate of drug-likeness (QED) is 0.108. The second-order valence-corrected chi connectivity index (χ2v) is 9.36. The van der Waals surface area contributed by atoms with Crippen molar-refractivity contribution in [3.63, 3.8) is 0 Å².